The second-order valence-electron chi connectivity index (χ2n) is 3.72. The van der Waals surface area contributed by atoms with Crippen LogP contribution in [0.25, 0.3) is 11.3 Å². The first kappa shape index (κ1) is 11.0. The zero-order valence-corrected chi connectivity index (χ0v) is 10.4. The summed E-state index contributed by atoms with van der Waals surface area (Å²) in [6.07, 6.45) is 1.89. The Bertz CT molecular complexity index is 569. The van der Waals surface area contributed by atoms with Crippen molar-refractivity contribution in [1.29, 1.82) is 0 Å². The van der Waals surface area contributed by atoms with Gasteiger partial charge in [-0.05, 0) is 49.3 Å². The number of imidazole rings is 1. The van der Waals surface area contributed by atoms with Crippen LogP contribution in [0.5, 0.6) is 5.75 Å². The summed E-state index contributed by atoms with van der Waals surface area (Å²) in [6.45, 7) is 4.13. The van der Waals surface area contributed by atoms with Crippen LogP contribution >= 0.6 is 12.2 Å². The number of hydrogen-bond donors (Lipinski definition) is 2. The van der Waals surface area contributed by atoms with Gasteiger partial charge in [-0.15, -0.1) is 0 Å². The molecule has 3 nitrogen and oxygen atoms in total. The van der Waals surface area contributed by atoms with Gasteiger partial charge in [-0.3, -0.25) is 0 Å². The number of hydrogen-bond acceptors (Lipinski definition) is 2. The molecule has 0 spiro atoms. The molecule has 0 radical (unpaired) electrons. The summed E-state index contributed by atoms with van der Waals surface area (Å²) < 4.78 is 5.92. The Morgan fingerprint density at radius 2 is 1.94 bits per heavy atom. The van der Waals surface area contributed by atoms with Crippen LogP contribution in [0.1, 0.15) is 11.1 Å². The number of aromatic nitrogens is 2. The standard InChI is InChI=1S/C12H14N2OS/c1-7-8(2)11(15-3)5-4-9(7)10-6-13-12(16)14-10/h4-6H,1-3H3,(H2,13,14,16). The van der Waals surface area contributed by atoms with E-state index in [1.54, 1.807) is 7.11 Å². The van der Waals surface area contributed by atoms with Crippen molar-refractivity contribution in [2.45, 2.75) is 13.8 Å². The molecule has 1 aromatic carbocycles. The molecule has 0 bridgehead atoms. The van der Waals surface area contributed by atoms with Gasteiger partial charge in [0.1, 0.15) is 5.75 Å². The van der Waals surface area contributed by atoms with Crippen LogP contribution in [0.15, 0.2) is 18.3 Å². The van der Waals surface area contributed by atoms with Gasteiger partial charge >= 0.3 is 0 Å². The molecule has 84 valence electrons. The van der Waals surface area contributed by atoms with Gasteiger partial charge in [-0.1, -0.05) is 0 Å². The SMILES string of the molecule is COc1ccc(-c2c[nH]c(=S)[nH]2)c(C)c1C. The molecule has 0 amide bonds. The summed E-state index contributed by atoms with van der Waals surface area (Å²) in [6, 6.07) is 4.01. The van der Waals surface area contributed by atoms with Gasteiger partial charge in [-0.25, -0.2) is 0 Å². The van der Waals surface area contributed by atoms with Crippen LogP contribution in [0.2, 0.25) is 0 Å². The fourth-order valence-electron chi connectivity index (χ4n) is 1.79. The average molecular weight is 234 g/mol. The van der Waals surface area contributed by atoms with Crippen molar-refractivity contribution in [3.05, 3.63) is 34.2 Å². The molecule has 1 heterocycles. The fourth-order valence-corrected chi connectivity index (χ4v) is 1.95. The van der Waals surface area contributed by atoms with Crippen LogP contribution in [0.4, 0.5) is 0 Å². The van der Waals surface area contributed by atoms with E-state index in [0.717, 1.165) is 22.6 Å². The summed E-state index contributed by atoms with van der Waals surface area (Å²) in [5, 5.41) is 0. The highest BCUT2D eigenvalue weighted by Gasteiger charge is 2.08. The van der Waals surface area contributed by atoms with Gasteiger partial charge in [0.2, 0.25) is 0 Å². The highest BCUT2D eigenvalue weighted by Crippen LogP contribution is 2.29. The van der Waals surface area contributed by atoms with E-state index in [1.807, 2.05) is 18.3 Å². The highest BCUT2D eigenvalue weighted by molar-refractivity contribution is 7.71. The molecule has 2 N–H and O–H groups in total. The minimum absolute atomic E-state index is 0.642. The van der Waals surface area contributed by atoms with Crippen molar-refractivity contribution in [2.75, 3.05) is 7.11 Å². The number of benzene rings is 1. The molecule has 0 atom stereocenters. The van der Waals surface area contributed by atoms with Crippen molar-refractivity contribution in [3.8, 4) is 17.0 Å². The summed E-state index contributed by atoms with van der Waals surface area (Å²) >= 11 is 5.02. The van der Waals surface area contributed by atoms with Crippen LogP contribution in [-0.2, 0) is 0 Å². The normalized spacial score (nSPS) is 10.4. The lowest BCUT2D eigenvalue weighted by atomic mass is 10.0. The van der Waals surface area contributed by atoms with Gasteiger partial charge in [-0.2, -0.15) is 0 Å². The Balaban J connectivity index is 2.59. The molecular weight excluding hydrogens is 220 g/mol. The third kappa shape index (κ3) is 1.76. The van der Waals surface area contributed by atoms with Gasteiger partial charge in [0, 0.05) is 11.8 Å². The Hall–Kier alpha value is -1.55. The van der Waals surface area contributed by atoms with Gasteiger partial charge in [0.05, 0.1) is 12.8 Å². The maximum absolute atomic E-state index is 5.28. The highest BCUT2D eigenvalue weighted by atomic mass is 32.1. The third-order valence-electron chi connectivity index (χ3n) is 2.84. The molecule has 1 aromatic heterocycles. The monoisotopic (exact) mass is 234 g/mol. The number of nitrogens with one attached hydrogen (secondary N) is 2. The molecule has 4 heteroatoms. The van der Waals surface area contributed by atoms with Crippen LogP contribution in [-0.4, -0.2) is 17.1 Å². The van der Waals surface area contributed by atoms with E-state index < -0.39 is 0 Å². The Kier molecular flexibility index (Phi) is 2.83. The Labute approximate surface area is 99.5 Å². The van der Waals surface area contributed by atoms with E-state index in [2.05, 4.69) is 23.8 Å². The minimum Gasteiger partial charge on any atom is -0.496 e. The first-order valence-electron chi connectivity index (χ1n) is 5.05. The summed E-state index contributed by atoms with van der Waals surface area (Å²) in [7, 11) is 1.69. The Morgan fingerprint density at radius 1 is 1.19 bits per heavy atom. The zero-order valence-electron chi connectivity index (χ0n) is 9.55. The van der Waals surface area contributed by atoms with E-state index in [1.165, 1.54) is 5.56 Å². The first-order chi connectivity index (χ1) is 7.63. The maximum atomic E-state index is 5.28. The molecule has 0 saturated heterocycles. The molecule has 16 heavy (non-hydrogen) atoms. The molecule has 0 unspecified atom stereocenters. The zero-order chi connectivity index (χ0) is 11.7. The van der Waals surface area contributed by atoms with Gasteiger partial charge in [0.25, 0.3) is 0 Å². The van der Waals surface area contributed by atoms with E-state index in [4.69, 9.17) is 17.0 Å². The Morgan fingerprint density at radius 3 is 2.50 bits per heavy atom. The minimum atomic E-state index is 0.642. The first-order valence-corrected chi connectivity index (χ1v) is 5.46. The van der Waals surface area contributed by atoms with Crippen LogP contribution in [0.3, 0.4) is 0 Å². The number of aromatic amines is 2. The third-order valence-corrected chi connectivity index (χ3v) is 3.06. The number of ether oxygens (including phenoxy) is 1. The molecular formula is C12H14N2OS. The number of methoxy groups -OCH3 is 1. The predicted octanol–water partition coefficient (Wildman–Crippen LogP) is 3.36. The lowest BCUT2D eigenvalue weighted by Crippen LogP contribution is -1.92. The van der Waals surface area contributed by atoms with Crippen LogP contribution < -0.4 is 4.74 Å². The summed E-state index contributed by atoms with van der Waals surface area (Å²) in [4.78, 5) is 6.09. The van der Waals surface area contributed by atoms with Crippen molar-refractivity contribution in [3.63, 3.8) is 0 Å². The molecule has 2 aromatic rings. The molecule has 0 aliphatic carbocycles. The van der Waals surface area contributed by atoms with E-state index in [9.17, 15) is 0 Å². The average Bonchev–Trinajstić information content (AvgIpc) is 2.69. The van der Waals surface area contributed by atoms with E-state index >= 15 is 0 Å². The molecule has 0 fully saturated rings. The maximum Gasteiger partial charge on any atom is 0.174 e. The lowest BCUT2D eigenvalue weighted by molar-refractivity contribution is 0.411. The summed E-state index contributed by atoms with van der Waals surface area (Å²) in [5.41, 5.74) is 4.50. The van der Waals surface area contributed by atoms with Crippen molar-refractivity contribution in [2.24, 2.45) is 0 Å². The summed E-state index contributed by atoms with van der Waals surface area (Å²) in [5.74, 6) is 0.912. The quantitative estimate of drug-likeness (QED) is 0.782. The number of rotatable bonds is 2. The topological polar surface area (TPSA) is 40.8 Å². The van der Waals surface area contributed by atoms with E-state index in [-0.39, 0.29) is 0 Å². The molecule has 2 rings (SSSR count). The van der Waals surface area contributed by atoms with Gasteiger partial charge in [0.15, 0.2) is 4.77 Å². The van der Waals surface area contributed by atoms with Crippen molar-refractivity contribution in [1.82, 2.24) is 9.97 Å². The smallest absolute Gasteiger partial charge is 0.174 e. The largest absolute Gasteiger partial charge is 0.496 e. The van der Waals surface area contributed by atoms with E-state index in [0.29, 0.717) is 4.77 Å². The molecule has 0 aliphatic heterocycles. The van der Waals surface area contributed by atoms with Crippen molar-refractivity contribution >= 4 is 12.2 Å². The van der Waals surface area contributed by atoms with Crippen molar-refractivity contribution < 1.29 is 4.74 Å². The number of H-pyrrole nitrogens is 2. The predicted molar refractivity (Wildman–Crippen MR) is 67.4 cm³/mol. The van der Waals surface area contributed by atoms with Gasteiger partial charge < -0.3 is 14.7 Å². The van der Waals surface area contributed by atoms with Crippen LogP contribution in [0, 0.1) is 18.6 Å². The molecule has 0 aliphatic rings. The fraction of sp³-hybridized carbons (Fsp3) is 0.250. The lowest BCUT2D eigenvalue weighted by Gasteiger charge is -2.11. The second kappa shape index (κ2) is 4.14. The molecule has 0 saturated carbocycles. The second-order valence-corrected chi connectivity index (χ2v) is 4.13.